The average molecular weight is 300 g/mol. The standard InChI is InChI=1S/C15H16N4OS/c1-11(2)9-19(15-17-13(8-16)10-21-15)18-14(20)12-6-4-3-5-7-12/h3-7,10-11H,9H2,1-2H3,(H,18,20). The van der Waals surface area contributed by atoms with Crippen molar-refractivity contribution in [3.8, 4) is 6.07 Å². The molecule has 2 aromatic rings. The number of amides is 1. The minimum atomic E-state index is -0.190. The van der Waals surface area contributed by atoms with Crippen molar-refractivity contribution >= 4 is 22.4 Å². The molecule has 6 heteroatoms. The summed E-state index contributed by atoms with van der Waals surface area (Å²) in [5.74, 6) is 0.153. The molecular formula is C15H16N4OS. The number of aromatic nitrogens is 1. The zero-order valence-electron chi connectivity index (χ0n) is 11.9. The van der Waals surface area contributed by atoms with Gasteiger partial charge in [-0.1, -0.05) is 32.0 Å². The maximum absolute atomic E-state index is 12.2. The topological polar surface area (TPSA) is 69.0 Å². The van der Waals surface area contributed by atoms with Gasteiger partial charge >= 0.3 is 0 Å². The third kappa shape index (κ3) is 4.04. The summed E-state index contributed by atoms with van der Waals surface area (Å²) < 4.78 is 0. The second-order valence-electron chi connectivity index (χ2n) is 4.94. The van der Waals surface area contributed by atoms with Crippen LogP contribution < -0.4 is 10.4 Å². The fraction of sp³-hybridized carbons (Fsp3) is 0.267. The summed E-state index contributed by atoms with van der Waals surface area (Å²) in [6.45, 7) is 4.73. The van der Waals surface area contributed by atoms with Gasteiger partial charge < -0.3 is 0 Å². The first-order valence-electron chi connectivity index (χ1n) is 6.59. The van der Waals surface area contributed by atoms with Gasteiger partial charge in [0.15, 0.2) is 5.69 Å². The zero-order valence-corrected chi connectivity index (χ0v) is 12.7. The molecule has 0 aliphatic rings. The maximum Gasteiger partial charge on any atom is 0.269 e. The Morgan fingerprint density at radius 1 is 1.43 bits per heavy atom. The van der Waals surface area contributed by atoms with E-state index in [1.165, 1.54) is 11.3 Å². The summed E-state index contributed by atoms with van der Waals surface area (Å²) in [6, 6.07) is 11.0. The summed E-state index contributed by atoms with van der Waals surface area (Å²) in [6.07, 6.45) is 0. The van der Waals surface area contributed by atoms with E-state index in [0.29, 0.717) is 28.9 Å². The number of hydrogen-bond acceptors (Lipinski definition) is 5. The van der Waals surface area contributed by atoms with Crippen LogP contribution in [0.2, 0.25) is 0 Å². The van der Waals surface area contributed by atoms with Crippen LogP contribution in [0.1, 0.15) is 29.9 Å². The second kappa shape index (κ2) is 6.86. The van der Waals surface area contributed by atoms with Gasteiger partial charge in [0.05, 0.1) is 0 Å². The summed E-state index contributed by atoms with van der Waals surface area (Å²) >= 11 is 1.34. The molecule has 1 heterocycles. The number of hydrazine groups is 1. The molecular weight excluding hydrogens is 284 g/mol. The van der Waals surface area contributed by atoms with Crippen LogP contribution in [0.15, 0.2) is 35.7 Å². The lowest BCUT2D eigenvalue weighted by molar-refractivity contribution is 0.0947. The van der Waals surface area contributed by atoms with E-state index >= 15 is 0 Å². The van der Waals surface area contributed by atoms with Crippen LogP contribution in [0, 0.1) is 17.2 Å². The third-order valence-electron chi connectivity index (χ3n) is 2.66. The molecule has 0 spiro atoms. The van der Waals surface area contributed by atoms with Crippen molar-refractivity contribution in [3.05, 3.63) is 47.0 Å². The Morgan fingerprint density at radius 2 is 2.14 bits per heavy atom. The SMILES string of the molecule is CC(C)CN(NC(=O)c1ccccc1)c1nc(C#N)cs1. The van der Waals surface area contributed by atoms with Gasteiger partial charge in [0.1, 0.15) is 6.07 Å². The van der Waals surface area contributed by atoms with E-state index in [2.05, 4.69) is 24.3 Å². The Hall–Kier alpha value is -2.39. The highest BCUT2D eigenvalue weighted by atomic mass is 32.1. The molecule has 0 aliphatic carbocycles. The Labute approximate surface area is 127 Å². The van der Waals surface area contributed by atoms with Crippen LogP contribution in [0.3, 0.4) is 0 Å². The van der Waals surface area contributed by atoms with Gasteiger partial charge in [0.25, 0.3) is 5.91 Å². The molecule has 1 aromatic carbocycles. The van der Waals surface area contributed by atoms with Crippen LogP contribution in [-0.4, -0.2) is 17.4 Å². The lowest BCUT2D eigenvalue weighted by Crippen LogP contribution is -2.44. The molecule has 2 rings (SSSR count). The lowest BCUT2D eigenvalue weighted by Gasteiger charge is -2.24. The van der Waals surface area contributed by atoms with Crippen LogP contribution in [-0.2, 0) is 0 Å². The van der Waals surface area contributed by atoms with Gasteiger partial charge in [-0.2, -0.15) is 5.26 Å². The number of hydrogen-bond donors (Lipinski definition) is 1. The van der Waals surface area contributed by atoms with E-state index in [1.54, 1.807) is 22.5 Å². The van der Waals surface area contributed by atoms with Crippen molar-refractivity contribution in [1.82, 2.24) is 10.4 Å². The molecule has 0 aliphatic heterocycles. The number of benzene rings is 1. The number of rotatable bonds is 5. The quantitative estimate of drug-likeness (QED) is 0.862. The molecule has 1 amide bonds. The predicted molar refractivity (Wildman–Crippen MR) is 82.9 cm³/mol. The fourth-order valence-electron chi connectivity index (χ4n) is 1.75. The fourth-order valence-corrected chi connectivity index (χ4v) is 2.47. The Bertz CT molecular complexity index is 645. The molecule has 108 valence electrons. The zero-order chi connectivity index (χ0) is 15.2. The number of nitrogens with zero attached hydrogens (tertiary/aromatic N) is 3. The van der Waals surface area contributed by atoms with Gasteiger partial charge in [0.2, 0.25) is 5.13 Å². The van der Waals surface area contributed by atoms with E-state index in [0.717, 1.165) is 0 Å². The molecule has 1 N–H and O–H groups in total. The summed E-state index contributed by atoms with van der Waals surface area (Å²) in [4.78, 5) is 16.4. The number of anilines is 1. The smallest absolute Gasteiger partial charge is 0.267 e. The van der Waals surface area contributed by atoms with Crippen molar-refractivity contribution in [1.29, 1.82) is 5.26 Å². The first kappa shape index (κ1) is 15.0. The van der Waals surface area contributed by atoms with Gasteiger partial charge in [-0.15, -0.1) is 11.3 Å². The van der Waals surface area contributed by atoms with E-state index in [-0.39, 0.29) is 5.91 Å². The number of nitrogens with one attached hydrogen (secondary N) is 1. The van der Waals surface area contributed by atoms with Gasteiger partial charge in [-0.25, -0.2) is 4.98 Å². The molecule has 0 atom stereocenters. The molecule has 0 bridgehead atoms. The maximum atomic E-state index is 12.2. The second-order valence-corrected chi connectivity index (χ2v) is 5.78. The largest absolute Gasteiger partial charge is 0.269 e. The van der Waals surface area contributed by atoms with E-state index in [4.69, 9.17) is 5.26 Å². The van der Waals surface area contributed by atoms with Crippen molar-refractivity contribution in [2.24, 2.45) is 5.92 Å². The van der Waals surface area contributed by atoms with Crippen LogP contribution in [0.4, 0.5) is 5.13 Å². The highest BCUT2D eigenvalue weighted by Gasteiger charge is 2.16. The van der Waals surface area contributed by atoms with Gasteiger partial charge in [0, 0.05) is 17.5 Å². The Kier molecular flexibility index (Phi) is 4.90. The van der Waals surface area contributed by atoms with Crippen molar-refractivity contribution in [2.75, 3.05) is 11.6 Å². The average Bonchev–Trinajstić information content (AvgIpc) is 2.96. The van der Waals surface area contributed by atoms with Crippen LogP contribution >= 0.6 is 11.3 Å². The number of nitriles is 1. The monoisotopic (exact) mass is 300 g/mol. The molecule has 1 aromatic heterocycles. The molecule has 0 fully saturated rings. The molecule has 0 unspecified atom stereocenters. The van der Waals surface area contributed by atoms with Crippen molar-refractivity contribution in [3.63, 3.8) is 0 Å². The first-order chi connectivity index (χ1) is 10.1. The molecule has 21 heavy (non-hydrogen) atoms. The molecule has 5 nitrogen and oxygen atoms in total. The molecule has 0 saturated carbocycles. The van der Waals surface area contributed by atoms with Crippen molar-refractivity contribution in [2.45, 2.75) is 13.8 Å². The van der Waals surface area contributed by atoms with Gasteiger partial charge in [-0.05, 0) is 18.1 Å². The molecule has 0 saturated heterocycles. The Balaban J connectivity index is 2.17. The number of thiazole rings is 1. The predicted octanol–water partition coefficient (Wildman–Crippen LogP) is 2.82. The number of carbonyl (C=O) groups excluding carboxylic acids is 1. The van der Waals surface area contributed by atoms with E-state index in [9.17, 15) is 4.79 Å². The van der Waals surface area contributed by atoms with Crippen LogP contribution in [0.5, 0.6) is 0 Å². The van der Waals surface area contributed by atoms with E-state index < -0.39 is 0 Å². The highest BCUT2D eigenvalue weighted by molar-refractivity contribution is 7.13. The van der Waals surface area contributed by atoms with Gasteiger partial charge in [-0.3, -0.25) is 15.2 Å². The first-order valence-corrected chi connectivity index (χ1v) is 7.47. The normalized spacial score (nSPS) is 10.2. The summed E-state index contributed by atoms with van der Waals surface area (Å²) in [5, 5.41) is 12.9. The lowest BCUT2D eigenvalue weighted by atomic mass is 10.2. The third-order valence-corrected chi connectivity index (χ3v) is 3.52. The Morgan fingerprint density at radius 3 is 2.71 bits per heavy atom. The highest BCUT2D eigenvalue weighted by Crippen LogP contribution is 2.20. The summed E-state index contributed by atoms with van der Waals surface area (Å²) in [5.41, 5.74) is 3.80. The van der Waals surface area contributed by atoms with E-state index in [1.807, 2.05) is 24.3 Å². The van der Waals surface area contributed by atoms with Crippen molar-refractivity contribution < 1.29 is 4.79 Å². The molecule has 0 radical (unpaired) electrons. The minimum absolute atomic E-state index is 0.190. The number of carbonyl (C=O) groups is 1. The minimum Gasteiger partial charge on any atom is -0.267 e. The van der Waals surface area contributed by atoms with Crippen LogP contribution in [0.25, 0.3) is 0 Å². The summed E-state index contributed by atoms with van der Waals surface area (Å²) in [7, 11) is 0.